The summed E-state index contributed by atoms with van der Waals surface area (Å²) in [5, 5.41) is 0. The van der Waals surface area contributed by atoms with E-state index in [-0.39, 0.29) is 11.2 Å². The molecule has 1 saturated heterocycles. The van der Waals surface area contributed by atoms with Gasteiger partial charge >= 0.3 is 0 Å². The molecule has 0 spiro atoms. The molecule has 0 amide bonds. The Kier molecular flexibility index (Phi) is 2.44. The van der Waals surface area contributed by atoms with Crippen LogP contribution in [0.3, 0.4) is 0 Å². The number of hydrogen-bond acceptors (Lipinski definition) is 2. The molecule has 1 aliphatic heterocycles. The van der Waals surface area contributed by atoms with E-state index in [1.165, 1.54) is 0 Å². The molecule has 2 nitrogen and oxygen atoms in total. The minimum atomic E-state index is -1.36. The second-order valence-corrected chi connectivity index (χ2v) is 5.76. The number of benzene rings is 1. The fourth-order valence-corrected chi connectivity index (χ4v) is 2.37. The molecule has 1 aromatic rings. The summed E-state index contributed by atoms with van der Waals surface area (Å²) in [5.41, 5.74) is 0.594. The fraction of sp³-hybridized carbons (Fsp3) is 0.538. The summed E-state index contributed by atoms with van der Waals surface area (Å²) >= 11 is 0. The molecule has 1 fully saturated rings. The highest BCUT2D eigenvalue weighted by molar-refractivity contribution is 6.80. The third kappa shape index (κ3) is 1.68. The summed E-state index contributed by atoms with van der Waals surface area (Å²) in [5.74, 6) is 0. The Bertz CT molecular complexity index is 368. The van der Waals surface area contributed by atoms with Crippen molar-refractivity contribution in [1.29, 1.82) is 0 Å². The van der Waals surface area contributed by atoms with Gasteiger partial charge in [0.1, 0.15) is 0 Å². The first-order valence-corrected chi connectivity index (χ1v) is 5.91. The van der Waals surface area contributed by atoms with Gasteiger partial charge < -0.3 is 9.31 Å². The lowest BCUT2D eigenvalue weighted by atomic mass is 9.54. The highest BCUT2D eigenvalue weighted by Gasteiger charge is 2.49. The molecule has 1 aromatic carbocycles. The lowest BCUT2D eigenvalue weighted by Crippen LogP contribution is -2.48. The Morgan fingerprint density at radius 2 is 1.31 bits per heavy atom. The van der Waals surface area contributed by atoms with E-state index in [4.69, 9.17) is 9.31 Å². The van der Waals surface area contributed by atoms with Crippen molar-refractivity contribution in [2.75, 3.05) is 0 Å². The number of rotatable bonds is 1. The van der Waals surface area contributed by atoms with Crippen molar-refractivity contribution in [1.82, 2.24) is 0 Å². The normalized spacial score (nSPS) is 25.6. The Hall–Kier alpha value is -0.795. The lowest BCUT2D eigenvalue weighted by Gasteiger charge is -2.37. The molecule has 0 saturated carbocycles. The van der Waals surface area contributed by atoms with E-state index in [9.17, 15) is 0 Å². The Morgan fingerprint density at radius 3 is 1.75 bits per heavy atom. The average Bonchev–Trinajstić information content (AvgIpc) is 2.33. The Morgan fingerprint density at radius 1 is 0.875 bits per heavy atom. The van der Waals surface area contributed by atoms with Gasteiger partial charge in [0, 0.05) is 11.2 Å². The smallest absolute Gasteiger partial charge is 0.267 e. The van der Waals surface area contributed by atoms with Gasteiger partial charge in [-0.3, -0.25) is 0 Å². The molecule has 0 atom stereocenters. The van der Waals surface area contributed by atoms with Crippen molar-refractivity contribution >= 4 is 12.0 Å². The largest absolute Gasteiger partial charge is 0.558 e. The quantitative estimate of drug-likeness (QED) is 0.676. The van der Waals surface area contributed by atoms with Crippen molar-refractivity contribution in [2.45, 2.75) is 45.7 Å². The Labute approximate surface area is 97.9 Å². The van der Waals surface area contributed by atoms with Gasteiger partial charge in [0.15, 0.2) is 0 Å². The van der Waals surface area contributed by atoms with E-state index in [0.717, 1.165) is 5.46 Å². The van der Waals surface area contributed by atoms with Crippen LogP contribution in [0.2, 0.25) is 6.82 Å². The number of hydrogen-bond donors (Lipinski definition) is 0. The molecule has 1 heterocycles. The predicted octanol–water partition coefficient (Wildman–Crippen LogP) is 2.57. The molecule has 0 aromatic heterocycles. The standard InChI is InChI=1S/C13H20BO2/c1-12(2)13(3,4)16-14(5,15-12)11-9-7-6-8-10-11/h6-10H,1-5H3/q-1. The molecule has 0 aliphatic carbocycles. The van der Waals surface area contributed by atoms with Crippen LogP contribution in [0.5, 0.6) is 0 Å². The molecule has 0 bridgehead atoms. The maximum absolute atomic E-state index is 6.18. The van der Waals surface area contributed by atoms with Crippen LogP contribution in [-0.2, 0) is 9.31 Å². The van der Waals surface area contributed by atoms with Crippen molar-refractivity contribution in [3.05, 3.63) is 30.3 Å². The van der Waals surface area contributed by atoms with Crippen LogP contribution in [-0.4, -0.2) is 17.8 Å². The van der Waals surface area contributed by atoms with Gasteiger partial charge in [-0.1, -0.05) is 30.3 Å². The summed E-state index contributed by atoms with van der Waals surface area (Å²) < 4.78 is 12.4. The molecule has 1 aliphatic rings. The fourth-order valence-electron chi connectivity index (χ4n) is 2.37. The zero-order valence-electron chi connectivity index (χ0n) is 10.8. The van der Waals surface area contributed by atoms with E-state index >= 15 is 0 Å². The molecular formula is C13H20BO2-. The first-order chi connectivity index (χ1) is 7.27. The molecule has 0 unspecified atom stereocenters. The first kappa shape index (κ1) is 11.7. The molecule has 3 heteroatoms. The second kappa shape index (κ2) is 3.35. The lowest BCUT2D eigenvalue weighted by molar-refractivity contribution is 0.00578. The maximum Gasteiger partial charge on any atom is 0.267 e. The predicted molar refractivity (Wildman–Crippen MR) is 68.0 cm³/mol. The van der Waals surface area contributed by atoms with Gasteiger partial charge in [-0.2, -0.15) is 5.46 Å². The molecule has 0 N–H and O–H groups in total. The van der Waals surface area contributed by atoms with Crippen LogP contribution < -0.4 is 5.46 Å². The van der Waals surface area contributed by atoms with Crippen LogP contribution in [0.4, 0.5) is 0 Å². The van der Waals surface area contributed by atoms with Gasteiger partial charge in [0.2, 0.25) is 0 Å². The van der Waals surface area contributed by atoms with Crippen molar-refractivity contribution in [3.63, 3.8) is 0 Å². The van der Waals surface area contributed by atoms with Crippen molar-refractivity contribution in [2.24, 2.45) is 0 Å². The van der Waals surface area contributed by atoms with Gasteiger partial charge in [0.25, 0.3) is 6.55 Å². The zero-order chi connectivity index (χ0) is 12.0. The SMILES string of the molecule is C[B-]1(c2ccccc2)OC(C)(C)C(C)(C)O1. The Balaban J connectivity index is 2.38. The summed E-state index contributed by atoms with van der Waals surface area (Å²) in [6.45, 7) is 9.03. The van der Waals surface area contributed by atoms with Crippen LogP contribution in [0.25, 0.3) is 0 Å². The first-order valence-electron chi connectivity index (χ1n) is 5.91. The highest BCUT2D eigenvalue weighted by Crippen LogP contribution is 2.41. The molecular weight excluding hydrogens is 199 g/mol. The second-order valence-electron chi connectivity index (χ2n) is 5.76. The summed E-state index contributed by atoms with van der Waals surface area (Å²) in [6.07, 6.45) is 0. The van der Waals surface area contributed by atoms with E-state index < -0.39 is 6.55 Å². The molecule has 2 rings (SSSR count). The van der Waals surface area contributed by atoms with Crippen LogP contribution in [0.15, 0.2) is 30.3 Å². The maximum atomic E-state index is 6.18. The van der Waals surface area contributed by atoms with Gasteiger partial charge in [0.05, 0.1) is 0 Å². The van der Waals surface area contributed by atoms with Crippen LogP contribution in [0, 0.1) is 0 Å². The van der Waals surface area contributed by atoms with E-state index in [1.54, 1.807) is 0 Å². The van der Waals surface area contributed by atoms with Gasteiger partial charge in [-0.05, 0) is 27.7 Å². The van der Waals surface area contributed by atoms with Crippen molar-refractivity contribution < 1.29 is 9.31 Å². The average molecular weight is 219 g/mol. The zero-order valence-corrected chi connectivity index (χ0v) is 10.8. The summed E-state index contributed by atoms with van der Waals surface area (Å²) in [6, 6.07) is 10.2. The highest BCUT2D eigenvalue weighted by atomic mass is 16.7. The van der Waals surface area contributed by atoms with Crippen molar-refractivity contribution in [3.8, 4) is 0 Å². The van der Waals surface area contributed by atoms with Crippen LogP contribution in [0.1, 0.15) is 27.7 Å². The van der Waals surface area contributed by atoms with Gasteiger partial charge in [-0.25, -0.2) is 0 Å². The molecule has 16 heavy (non-hydrogen) atoms. The van der Waals surface area contributed by atoms with Gasteiger partial charge in [-0.15, -0.1) is 6.82 Å². The minimum Gasteiger partial charge on any atom is -0.558 e. The molecule has 88 valence electrons. The topological polar surface area (TPSA) is 18.5 Å². The van der Waals surface area contributed by atoms with E-state index in [1.807, 2.05) is 25.0 Å². The monoisotopic (exact) mass is 219 g/mol. The molecule has 0 radical (unpaired) electrons. The van der Waals surface area contributed by atoms with Crippen LogP contribution >= 0.6 is 0 Å². The summed E-state index contributed by atoms with van der Waals surface area (Å²) in [4.78, 5) is 0. The summed E-state index contributed by atoms with van der Waals surface area (Å²) in [7, 11) is 0. The third-order valence-corrected chi connectivity index (χ3v) is 3.89. The third-order valence-electron chi connectivity index (χ3n) is 3.89. The van der Waals surface area contributed by atoms with E-state index in [0.29, 0.717) is 0 Å². The van der Waals surface area contributed by atoms with E-state index in [2.05, 4.69) is 39.8 Å². The minimum absolute atomic E-state index is 0.266.